The fourth-order valence-electron chi connectivity index (χ4n) is 4.42. The molecule has 0 radical (unpaired) electrons. The number of benzene rings is 1. The zero-order valence-corrected chi connectivity index (χ0v) is 17.4. The number of fused-ring (bicyclic) bond motifs is 1. The fourth-order valence-corrected chi connectivity index (χ4v) is 4.76. The van der Waals surface area contributed by atoms with Crippen LogP contribution in [0.15, 0.2) is 24.3 Å². The van der Waals surface area contributed by atoms with Crippen molar-refractivity contribution in [1.29, 1.82) is 0 Å². The Labute approximate surface area is 179 Å². The van der Waals surface area contributed by atoms with E-state index < -0.39 is 30.1 Å². The van der Waals surface area contributed by atoms with Crippen LogP contribution >= 0.6 is 11.6 Å². The molecule has 3 unspecified atom stereocenters. The second-order valence-corrected chi connectivity index (χ2v) is 8.61. The average molecular weight is 442 g/mol. The molecule has 1 aromatic rings. The number of aliphatic hydroxyl groups is 2. The Hall–Kier alpha value is -1.66. The van der Waals surface area contributed by atoms with Gasteiger partial charge in [0, 0.05) is 30.9 Å². The minimum absolute atomic E-state index is 0.0234. The summed E-state index contributed by atoms with van der Waals surface area (Å²) in [5, 5.41) is 30.8. The van der Waals surface area contributed by atoms with Gasteiger partial charge in [0.05, 0.1) is 11.7 Å². The highest BCUT2D eigenvalue weighted by molar-refractivity contribution is 6.20. The van der Waals surface area contributed by atoms with Gasteiger partial charge in [-0.25, -0.2) is 4.79 Å². The normalized spacial score (nSPS) is 38.9. The van der Waals surface area contributed by atoms with Crippen molar-refractivity contribution in [3.63, 3.8) is 0 Å². The zero-order chi connectivity index (χ0) is 21.5. The van der Waals surface area contributed by atoms with Crippen molar-refractivity contribution in [2.45, 2.75) is 49.0 Å². The number of carbonyl (C=O) groups is 1. The molecule has 0 aliphatic carbocycles. The van der Waals surface area contributed by atoms with E-state index in [0.29, 0.717) is 24.7 Å². The van der Waals surface area contributed by atoms with E-state index >= 15 is 0 Å². The van der Waals surface area contributed by atoms with E-state index in [4.69, 9.17) is 26.8 Å². The van der Waals surface area contributed by atoms with Crippen molar-refractivity contribution in [3.05, 3.63) is 24.3 Å². The van der Waals surface area contributed by atoms with Gasteiger partial charge in [0.2, 0.25) is 0 Å². The Kier molecular flexibility index (Phi) is 6.08. The lowest BCUT2D eigenvalue weighted by molar-refractivity contribution is -0.110. The summed E-state index contributed by atoms with van der Waals surface area (Å²) < 4.78 is 11.9. The van der Waals surface area contributed by atoms with Crippen LogP contribution in [-0.4, -0.2) is 76.7 Å². The van der Waals surface area contributed by atoms with E-state index in [2.05, 4.69) is 16.0 Å². The molecule has 0 spiro atoms. The van der Waals surface area contributed by atoms with Crippen LogP contribution in [0.25, 0.3) is 0 Å². The number of nitrogens with zero attached hydrogens (tertiary/aromatic N) is 1. The van der Waals surface area contributed by atoms with Gasteiger partial charge in [-0.1, -0.05) is 6.07 Å². The molecule has 166 valence electrons. The van der Waals surface area contributed by atoms with E-state index in [1.165, 1.54) is 0 Å². The van der Waals surface area contributed by atoms with Crippen LogP contribution in [-0.2, 0) is 4.74 Å². The maximum Gasteiger partial charge on any atom is 0.316 e. The first kappa shape index (κ1) is 21.6. The predicted octanol–water partition coefficient (Wildman–Crippen LogP) is -0.244. The molecule has 7 N–H and O–H groups in total. The summed E-state index contributed by atoms with van der Waals surface area (Å²) >= 11 is 6.39. The lowest BCUT2D eigenvalue weighted by Gasteiger charge is -2.39. The molecule has 2 amide bonds. The maximum atomic E-state index is 11.0. The maximum absolute atomic E-state index is 11.0. The number of ether oxygens (including phenoxy) is 2. The number of carbonyl (C=O) groups excluding carboxylic acids is 1. The van der Waals surface area contributed by atoms with Crippen molar-refractivity contribution in [2.24, 2.45) is 11.7 Å². The minimum Gasteiger partial charge on any atom is -0.491 e. The predicted molar refractivity (Wildman–Crippen MR) is 110 cm³/mol. The molecule has 3 aliphatic heterocycles. The Morgan fingerprint density at radius 2 is 2.30 bits per heavy atom. The van der Waals surface area contributed by atoms with Gasteiger partial charge in [0.15, 0.2) is 0 Å². The van der Waals surface area contributed by atoms with Gasteiger partial charge in [0.1, 0.15) is 36.4 Å². The molecule has 0 bridgehead atoms. The Morgan fingerprint density at radius 1 is 1.50 bits per heavy atom. The molecule has 30 heavy (non-hydrogen) atoms. The third-order valence-electron chi connectivity index (χ3n) is 6.12. The highest BCUT2D eigenvalue weighted by atomic mass is 35.5. The first-order chi connectivity index (χ1) is 14.3. The van der Waals surface area contributed by atoms with Crippen LogP contribution in [0.2, 0.25) is 0 Å². The first-order valence-electron chi connectivity index (χ1n) is 9.99. The Balaban J connectivity index is 1.42. The molecule has 7 atom stereocenters. The van der Waals surface area contributed by atoms with Gasteiger partial charge in [-0.15, -0.1) is 11.6 Å². The quantitative estimate of drug-likeness (QED) is 0.271. The Bertz CT molecular complexity index is 783. The molecule has 3 saturated heterocycles. The number of alkyl halides is 1. The molecule has 1 aromatic carbocycles. The van der Waals surface area contributed by atoms with Crippen molar-refractivity contribution in [3.8, 4) is 5.75 Å². The van der Waals surface area contributed by atoms with Gasteiger partial charge in [0.25, 0.3) is 0 Å². The van der Waals surface area contributed by atoms with Crippen LogP contribution in [0.5, 0.6) is 5.75 Å². The lowest BCUT2D eigenvalue weighted by atomic mass is 9.94. The molecule has 4 rings (SSSR count). The number of nitrogens with one attached hydrogen (secondary N) is 3. The highest BCUT2D eigenvalue weighted by Crippen LogP contribution is 2.39. The van der Waals surface area contributed by atoms with E-state index in [0.717, 1.165) is 6.42 Å². The molecule has 3 fully saturated rings. The number of anilines is 1. The zero-order valence-electron chi connectivity index (χ0n) is 16.6. The van der Waals surface area contributed by atoms with Gasteiger partial charge in [-0.3, -0.25) is 15.5 Å². The SMILES string of the molecule is C[C@@]1(O)[C@@H](COc2cccc(NC(N)=O)c2)O[C@@H](N2CCC3C(Cl)NCNC32)[C@@H]1O. The molecule has 11 heteroatoms. The largest absolute Gasteiger partial charge is 0.491 e. The van der Waals surface area contributed by atoms with Crippen LogP contribution < -0.4 is 26.4 Å². The van der Waals surface area contributed by atoms with Gasteiger partial charge in [-0.2, -0.15) is 0 Å². The molecule has 3 aliphatic rings. The number of aliphatic hydroxyl groups excluding tert-OH is 1. The first-order valence-corrected chi connectivity index (χ1v) is 10.4. The summed E-state index contributed by atoms with van der Waals surface area (Å²) in [6.07, 6.45) is -1.73. The van der Waals surface area contributed by atoms with E-state index in [1.807, 2.05) is 4.90 Å². The van der Waals surface area contributed by atoms with Crippen molar-refractivity contribution < 1.29 is 24.5 Å². The van der Waals surface area contributed by atoms with Crippen molar-refractivity contribution in [2.75, 3.05) is 25.1 Å². The van der Waals surface area contributed by atoms with Crippen molar-refractivity contribution in [1.82, 2.24) is 15.5 Å². The standard InChI is InChI=1S/C19H28ClN5O5/c1-19(28)13(8-29-11-4-2-3-10(7-11)24-18(21)27)30-17(14(19)26)25-6-5-12-15(20)22-9-23-16(12)25/h2-4,7,12-17,22-23,26,28H,5-6,8-9H2,1H3,(H3,21,24,27)/t12?,13-,14+,15?,16?,17-,19-/m1/s1. The minimum atomic E-state index is -1.50. The smallest absolute Gasteiger partial charge is 0.316 e. The number of amides is 2. The van der Waals surface area contributed by atoms with Crippen LogP contribution in [0.3, 0.4) is 0 Å². The average Bonchev–Trinajstić information content (AvgIpc) is 3.21. The summed E-state index contributed by atoms with van der Waals surface area (Å²) in [5.74, 6) is 0.654. The third kappa shape index (κ3) is 4.09. The monoisotopic (exact) mass is 441 g/mol. The Morgan fingerprint density at radius 3 is 3.07 bits per heavy atom. The summed E-state index contributed by atoms with van der Waals surface area (Å²) in [5.41, 5.74) is 3.98. The fraction of sp³-hybridized carbons (Fsp3) is 0.632. The number of halogens is 1. The third-order valence-corrected chi connectivity index (χ3v) is 6.60. The summed E-state index contributed by atoms with van der Waals surface area (Å²) in [6.45, 7) is 2.83. The van der Waals surface area contributed by atoms with E-state index in [-0.39, 0.29) is 24.2 Å². The molecule has 0 saturated carbocycles. The molecule has 0 aromatic heterocycles. The summed E-state index contributed by atoms with van der Waals surface area (Å²) in [7, 11) is 0. The highest BCUT2D eigenvalue weighted by Gasteiger charge is 2.57. The van der Waals surface area contributed by atoms with Crippen molar-refractivity contribution >= 4 is 23.3 Å². The summed E-state index contributed by atoms with van der Waals surface area (Å²) in [4.78, 5) is 13.0. The number of hydrogen-bond donors (Lipinski definition) is 6. The number of hydrogen-bond acceptors (Lipinski definition) is 8. The van der Waals surface area contributed by atoms with E-state index in [1.54, 1.807) is 31.2 Å². The molecular weight excluding hydrogens is 414 g/mol. The topological polar surface area (TPSA) is 141 Å². The van der Waals surface area contributed by atoms with Crippen LogP contribution in [0.4, 0.5) is 10.5 Å². The van der Waals surface area contributed by atoms with Gasteiger partial charge >= 0.3 is 6.03 Å². The number of urea groups is 1. The van der Waals surface area contributed by atoms with E-state index in [9.17, 15) is 15.0 Å². The second-order valence-electron chi connectivity index (χ2n) is 8.14. The molecule has 3 heterocycles. The summed E-state index contributed by atoms with van der Waals surface area (Å²) in [6, 6.07) is 6.05. The van der Waals surface area contributed by atoms with Crippen LogP contribution in [0, 0.1) is 5.92 Å². The number of nitrogens with two attached hydrogens (primary N) is 1. The lowest BCUT2D eigenvalue weighted by Crippen LogP contribution is -2.61. The molecule has 10 nitrogen and oxygen atoms in total. The van der Waals surface area contributed by atoms with Gasteiger partial charge < -0.3 is 30.7 Å². The van der Waals surface area contributed by atoms with Gasteiger partial charge in [-0.05, 0) is 25.5 Å². The number of likely N-dealkylation sites (tertiary alicyclic amines) is 1. The molecular formula is C19H28ClN5O5. The second kappa shape index (κ2) is 8.46. The number of primary amides is 1. The van der Waals surface area contributed by atoms with Crippen LogP contribution in [0.1, 0.15) is 13.3 Å². The number of rotatable bonds is 5.